The molecule has 0 radical (unpaired) electrons. The Labute approximate surface area is 171 Å². The van der Waals surface area contributed by atoms with E-state index in [1.54, 1.807) is 14.2 Å². The Morgan fingerprint density at radius 3 is 1.52 bits per heavy atom. The first-order valence-corrected chi connectivity index (χ1v) is 10.9. The third-order valence-corrected chi connectivity index (χ3v) is 7.13. The number of ether oxygens (including phenoxy) is 2. The van der Waals surface area contributed by atoms with E-state index in [9.17, 15) is 0 Å². The lowest BCUT2D eigenvalue weighted by Gasteiger charge is -2.38. The summed E-state index contributed by atoms with van der Waals surface area (Å²) in [6.45, 7) is 6.82. The summed E-state index contributed by atoms with van der Waals surface area (Å²) in [5.41, 5.74) is 3.88. The van der Waals surface area contributed by atoms with Crippen LogP contribution in [0.4, 0.5) is 0 Å². The molecule has 0 N–H and O–H groups in total. The maximum atomic E-state index is 5.33. The van der Waals surface area contributed by atoms with E-state index in [-0.39, 0.29) is 5.54 Å². The van der Waals surface area contributed by atoms with Crippen molar-refractivity contribution in [3.63, 3.8) is 0 Å². The zero-order valence-corrected chi connectivity index (χ0v) is 18.2. The molecule has 144 valence electrons. The van der Waals surface area contributed by atoms with Gasteiger partial charge in [0.25, 0.3) is 0 Å². The largest absolute Gasteiger partial charge is 0.497 e. The van der Waals surface area contributed by atoms with Crippen molar-refractivity contribution in [1.82, 2.24) is 4.90 Å². The van der Waals surface area contributed by atoms with Crippen LogP contribution in [0.15, 0.2) is 52.8 Å². The SMILES string of the molecule is COc1ccc(C(=C2SCN(C(C)(C)C)CS2)c2ccc(OC)cc2)cc1. The van der Waals surface area contributed by atoms with Gasteiger partial charge in [0.1, 0.15) is 11.5 Å². The van der Waals surface area contributed by atoms with E-state index in [1.165, 1.54) is 20.9 Å². The first kappa shape index (κ1) is 20.2. The molecular formula is C22H27NO2S2. The van der Waals surface area contributed by atoms with Crippen molar-refractivity contribution in [2.45, 2.75) is 26.3 Å². The number of rotatable bonds is 4. The summed E-state index contributed by atoms with van der Waals surface area (Å²) in [4.78, 5) is 2.51. The lowest BCUT2D eigenvalue weighted by molar-refractivity contribution is 0.198. The van der Waals surface area contributed by atoms with Crippen molar-refractivity contribution in [2.75, 3.05) is 26.0 Å². The molecule has 1 aliphatic heterocycles. The minimum atomic E-state index is 0.186. The minimum Gasteiger partial charge on any atom is -0.497 e. The van der Waals surface area contributed by atoms with Crippen LogP contribution >= 0.6 is 23.5 Å². The molecule has 0 unspecified atom stereocenters. The highest BCUT2D eigenvalue weighted by atomic mass is 32.2. The van der Waals surface area contributed by atoms with Gasteiger partial charge in [0.05, 0.1) is 30.2 Å². The molecule has 1 aliphatic rings. The van der Waals surface area contributed by atoms with Crippen molar-refractivity contribution in [2.24, 2.45) is 0 Å². The van der Waals surface area contributed by atoms with Crippen molar-refractivity contribution in [3.8, 4) is 11.5 Å². The van der Waals surface area contributed by atoms with Gasteiger partial charge in [-0.2, -0.15) is 0 Å². The summed E-state index contributed by atoms with van der Waals surface area (Å²) in [5.74, 6) is 3.75. The van der Waals surface area contributed by atoms with Gasteiger partial charge in [-0.15, -0.1) is 23.5 Å². The van der Waals surface area contributed by atoms with E-state index < -0.39 is 0 Å². The van der Waals surface area contributed by atoms with Gasteiger partial charge in [-0.05, 0) is 56.2 Å². The lowest BCUT2D eigenvalue weighted by Crippen LogP contribution is -2.42. The fourth-order valence-corrected chi connectivity index (χ4v) is 5.83. The Morgan fingerprint density at radius 1 is 0.778 bits per heavy atom. The Morgan fingerprint density at radius 2 is 1.19 bits per heavy atom. The zero-order chi connectivity index (χ0) is 19.4. The minimum absolute atomic E-state index is 0.186. The molecule has 1 fully saturated rings. The molecule has 2 aromatic carbocycles. The molecule has 0 aromatic heterocycles. The third-order valence-electron chi connectivity index (χ3n) is 4.61. The topological polar surface area (TPSA) is 21.7 Å². The lowest BCUT2D eigenvalue weighted by atomic mass is 9.99. The van der Waals surface area contributed by atoms with Gasteiger partial charge in [0, 0.05) is 11.1 Å². The smallest absolute Gasteiger partial charge is 0.118 e. The number of benzene rings is 2. The maximum absolute atomic E-state index is 5.33. The van der Waals surface area contributed by atoms with Crippen LogP contribution in [0.1, 0.15) is 31.9 Å². The average molecular weight is 402 g/mol. The van der Waals surface area contributed by atoms with Crippen molar-refractivity contribution >= 4 is 29.1 Å². The van der Waals surface area contributed by atoms with Gasteiger partial charge >= 0.3 is 0 Å². The van der Waals surface area contributed by atoms with Gasteiger partial charge in [-0.25, -0.2) is 0 Å². The first-order valence-electron chi connectivity index (χ1n) is 8.96. The molecule has 0 spiro atoms. The molecule has 0 bridgehead atoms. The van der Waals surface area contributed by atoms with Gasteiger partial charge < -0.3 is 9.47 Å². The molecule has 0 saturated carbocycles. The average Bonchev–Trinajstić information content (AvgIpc) is 2.69. The highest BCUT2D eigenvalue weighted by Crippen LogP contribution is 2.44. The second-order valence-electron chi connectivity index (χ2n) is 7.38. The maximum Gasteiger partial charge on any atom is 0.118 e. The number of thioether (sulfide) groups is 2. The molecule has 0 aliphatic carbocycles. The van der Waals surface area contributed by atoms with E-state index in [4.69, 9.17) is 9.47 Å². The zero-order valence-electron chi connectivity index (χ0n) is 16.6. The van der Waals surface area contributed by atoms with E-state index in [2.05, 4.69) is 49.9 Å². The Hall–Kier alpha value is -1.56. The summed E-state index contributed by atoms with van der Waals surface area (Å²) in [7, 11) is 3.40. The van der Waals surface area contributed by atoms with Gasteiger partial charge in [0.15, 0.2) is 0 Å². The molecule has 1 heterocycles. The monoisotopic (exact) mass is 401 g/mol. The van der Waals surface area contributed by atoms with Crippen LogP contribution in [0.3, 0.4) is 0 Å². The van der Waals surface area contributed by atoms with Crippen LogP contribution < -0.4 is 9.47 Å². The van der Waals surface area contributed by atoms with E-state index in [0.29, 0.717) is 0 Å². The first-order chi connectivity index (χ1) is 12.9. The molecule has 1 saturated heterocycles. The van der Waals surface area contributed by atoms with Crippen LogP contribution in [-0.4, -0.2) is 36.4 Å². The summed E-state index contributed by atoms with van der Waals surface area (Å²) < 4.78 is 12.0. The van der Waals surface area contributed by atoms with E-state index in [1.807, 2.05) is 47.8 Å². The number of methoxy groups -OCH3 is 2. The van der Waals surface area contributed by atoms with Crippen molar-refractivity contribution < 1.29 is 9.47 Å². The van der Waals surface area contributed by atoms with Crippen LogP contribution in [0, 0.1) is 0 Å². The molecular weight excluding hydrogens is 374 g/mol. The van der Waals surface area contributed by atoms with Gasteiger partial charge in [-0.3, -0.25) is 4.90 Å². The summed E-state index contributed by atoms with van der Waals surface area (Å²) in [5, 5.41) is 0. The summed E-state index contributed by atoms with van der Waals surface area (Å²) in [6, 6.07) is 16.7. The Kier molecular flexibility index (Phi) is 6.45. The normalized spacial score (nSPS) is 15.5. The molecule has 5 heteroatoms. The van der Waals surface area contributed by atoms with Crippen LogP contribution in [0.25, 0.3) is 5.57 Å². The Balaban J connectivity index is 1.99. The predicted molar refractivity (Wildman–Crippen MR) is 119 cm³/mol. The highest BCUT2D eigenvalue weighted by molar-refractivity contribution is 8.23. The number of nitrogens with zero attached hydrogens (tertiary/aromatic N) is 1. The predicted octanol–water partition coefficient (Wildman–Crippen LogP) is 5.92. The van der Waals surface area contributed by atoms with Gasteiger partial charge in [0.2, 0.25) is 0 Å². The molecule has 3 rings (SSSR count). The third kappa shape index (κ3) is 4.84. The van der Waals surface area contributed by atoms with Crippen LogP contribution in [0.2, 0.25) is 0 Å². The summed E-state index contributed by atoms with van der Waals surface area (Å²) in [6.07, 6.45) is 0. The molecule has 0 atom stereocenters. The fourth-order valence-electron chi connectivity index (χ4n) is 2.80. The quantitative estimate of drug-likeness (QED) is 0.633. The van der Waals surface area contributed by atoms with Crippen LogP contribution in [0.5, 0.6) is 11.5 Å². The molecule has 27 heavy (non-hydrogen) atoms. The standard InChI is InChI=1S/C22H27NO2S2/c1-22(2,3)23-14-26-21(27-15-23)20(16-6-10-18(24-4)11-7-16)17-8-12-19(25-5)13-9-17/h6-13H,14-15H2,1-5H3. The number of hydrogen-bond donors (Lipinski definition) is 0. The molecule has 2 aromatic rings. The Bertz CT molecular complexity index is 733. The number of hydrogen-bond acceptors (Lipinski definition) is 5. The van der Waals surface area contributed by atoms with E-state index in [0.717, 1.165) is 23.3 Å². The highest BCUT2D eigenvalue weighted by Gasteiger charge is 2.27. The second-order valence-corrected chi connectivity index (χ2v) is 9.55. The van der Waals surface area contributed by atoms with Crippen LogP contribution in [-0.2, 0) is 0 Å². The fraction of sp³-hybridized carbons (Fsp3) is 0.364. The van der Waals surface area contributed by atoms with Crippen molar-refractivity contribution in [1.29, 1.82) is 0 Å². The molecule has 3 nitrogen and oxygen atoms in total. The van der Waals surface area contributed by atoms with E-state index >= 15 is 0 Å². The molecule has 0 amide bonds. The second kappa shape index (κ2) is 8.63. The van der Waals surface area contributed by atoms with Crippen molar-refractivity contribution in [3.05, 3.63) is 63.9 Å². The van der Waals surface area contributed by atoms with Gasteiger partial charge in [-0.1, -0.05) is 24.3 Å². The summed E-state index contributed by atoms with van der Waals surface area (Å²) >= 11 is 3.84.